The number of fused-ring (bicyclic) bond motifs is 2. The number of carbonyl (C=O) groups excluding carboxylic acids is 2. The van der Waals surface area contributed by atoms with Gasteiger partial charge in [0.1, 0.15) is 11.7 Å². The smallest absolute Gasteiger partial charge is 0.309 e. The highest BCUT2D eigenvalue weighted by molar-refractivity contribution is 5.75. The summed E-state index contributed by atoms with van der Waals surface area (Å²) in [4.78, 5) is 23.3. The maximum absolute atomic E-state index is 11.9. The second kappa shape index (κ2) is 4.85. The van der Waals surface area contributed by atoms with E-state index < -0.39 is 5.60 Å². The lowest BCUT2D eigenvalue weighted by Crippen LogP contribution is -2.37. The first kappa shape index (κ1) is 14.6. The molecule has 4 nitrogen and oxygen atoms in total. The first-order valence-corrected chi connectivity index (χ1v) is 7.90. The third-order valence-corrected chi connectivity index (χ3v) is 5.75. The van der Waals surface area contributed by atoms with Crippen molar-refractivity contribution in [1.29, 1.82) is 0 Å². The van der Waals surface area contributed by atoms with Gasteiger partial charge in [-0.2, -0.15) is 0 Å². The van der Waals surface area contributed by atoms with Crippen LogP contribution in [0.25, 0.3) is 0 Å². The van der Waals surface area contributed by atoms with E-state index in [1.807, 2.05) is 13.8 Å². The van der Waals surface area contributed by atoms with Gasteiger partial charge < -0.3 is 9.47 Å². The molecule has 3 aliphatic rings. The standard InChI is InChI=1S/C17H24O4/c1-9-7-15-13(10(2)16(19)20-15)8-14-12(9)5-6-17(14,4)21-11(3)18/h10,13-15H,5-8H2,1-4H3/t10-,13-,14-,15-,17-/m1/s1. The van der Waals surface area contributed by atoms with E-state index in [0.717, 1.165) is 25.7 Å². The van der Waals surface area contributed by atoms with E-state index in [2.05, 4.69) is 6.92 Å². The molecule has 2 aliphatic carbocycles. The van der Waals surface area contributed by atoms with Gasteiger partial charge in [0, 0.05) is 25.2 Å². The molecule has 1 aliphatic heterocycles. The van der Waals surface area contributed by atoms with Crippen LogP contribution in [0, 0.1) is 17.8 Å². The van der Waals surface area contributed by atoms with E-state index in [-0.39, 0.29) is 35.8 Å². The Bertz CT molecular complexity index is 521. The molecule has 0 amide bonds. The van der Waals surface area contributed by atoms with Crippen molar-refractivity contribution in [3.63, 3.8) is 0 Å². The Hall–Kier alpha value is -1.32. The summed E-state index contributed by atoms with van der Waals surface area (Å²) in [6, 6.07) is 0. The Morgan fingerprint density at radius 2 is 2.14 bits per heavy atom. The van der Waals surface area contributed by atoms with Crippen LogP contribution >= 0.6 is 0 Å². The fourth-order valence-electron chi connectivity index (χ4n) is 4.55. The minimum atomic E-state index is -0.428. The summed E-state index contributed by atoms with van der Waals surface area (Å²) in [6.07, 6.45) is 3.59. The lowest BCUT2D eigenvalue weighted by Gasteiger charge is -2.33. The van der Waals surface area contributed by atoms with E-state index in [1.54, 1.807) is 0 Å². The maximum atomic E-state index is 11.9. The molecule has 0 aromatic heterocycles. The van der Waals surface area contributed by atoms with Crippen LogP contribution in [0.5, 0.6) is 0 Å². The van der Waals surface area contributed by atoms with E-state index in [1.165, 1.54) is 18.1 Å². The number of rotatable bonds is 1. The minimum Gasteiger partial charge on any atom is -0.461 e. The molecule has 21 heavy (non-hydrogen) atoms. The highest BCUT2D eigenvalue weighted by atomic mass is 16.6. The molecule has 1 saturated carbocycles. The van der Waals surface area contributed by atoms with E-state index >= 15 is 0 Å². The van der Waals surface area contributed by atoms with E-state index in [0.29, 0.717) is 0 Å². The Balaban J connectivity index is 1.94. The predicted molar refractivity (Wildman–Crippen MR) is 77.4 cm³/mol. The topological polar surface area (TPSA) is 52.6 Å². The van der Waals surface area contributed by atoms with Crippen molar-refractivity contribution in [3.05, 3.63) is 11.1 Å². The quantitative estimate of drug-likeness (QED) is 0.550. The summed E-state index contributed by atoms with van der Waals surface area (Å²) < 4.78 is 11.2. The molecule has 4 heteroatoms. The largest absolute Gasteiger partial charge is 0.461 e. The zero-order valence-corrected chi connectivity index (χ0v) is 13.3. The third-order valence-electron chi connectivity index (χ3n) is 5.75. The predicted octanol–water partition coefficient (Wildman–Crippen LogP) is 3.01. The molecule has 1 heterocycles. The fourth-order valence-corrected chi connectivity index (χ4v) is 4.55. The highest BCUT2D eigenvalue weighted by Gasteiger charge is 2.52. The van der Waals surface area contributed by atoms with Gasteiger partial charge in [0.2, 0.25) is 0 Å². The molecule has 0 unspecified atom stereocenters. The van der Waals surface area contributed by atoms with Crippen molar-refractivity contribution in [2.24, 2.45) is 17.8 Å². The van der Waals surface area contributed by atoms with Gasteiger partial charge in [-0.25, -0.2) is 0 Å². The molecule has 0 radical (unpaired) electrons. The highest BCUT2D eigenvalue weighted by Crippen LogP contribution is 2.52. The van der Waals surface area contributed by atoms with Gasteiger partial charge in [-0.15, -0.1) is 0 Å². The van der Waals surface area contributed by atoms with Crippen molar-refractivity contribution < 1.29 is 19.1 Å². The number of hydrogen-bond donors (Lipinski definition) is 0. The van der Waals surface area contributed by atoms with E-state index in [9.17, 15) is 9.59 Å². The molecule has 1 saturated heterocycles. The third kappa shape index (κ3) is 2.29. The van der Waals surface area contributed by atoms with Crippen molar-refractivity contribution >= 4 is 11.9 Å². The van der Waals surface area contributed by atoms with Crippen molar-refractivity contribution in [1.82, 2.24) is 0 Å². The monoisotopic (exact) mass is 292 g/mol. The van der Waals surface area contributed by atoms with Crippen molar-refractivity contribution in [2.45, 2.75) is 65.1 Å². The van der Waals surface area contributed by atoms with Crippen LogP contribution in [0.3, 0.4) is 0 Å². The summed E-state index contributed by atoms with van der Waals surface area (Å²) in [5, 5.41) is 0. The molecule has 0 aromatic rings. The van der Waals surface area contributed by atoms with Gasteiger partial charge in [0.25, 0.3) is 0 Å². The van der Waals surface area contributed by atoms with Crippen LogP contribution in [0.15, 0.2) is 11.1 Å². The number of esters is 2. The van der Waals surface area contributed by atoms with Crippen LogP contribution in [0.4, 0.5) is 0 Å². The second-order valence-corrected chi connectivity index (χ2v) is 7.13. The number of hydrogen-bond acceptors (Lipinski definition) is 4. The summed E-state index contributed by atoms with van der Waals surface area (Å²) in [7, 11) is 0. The Labute approximate surface area is 125 Å². The molecular weight excluding hydrogens is 268 g/mol. The van der Waals surface area contributed by atoms with Crippen LogP contribution in [0.1, 0.15) is 53.4 Å². The number of carbonyl (C=O) groups is 2. The van der Waals surface area contributed by atoms with Gasteiger partial charge in [-0.1, -0.05) is 18.1 Å². The molecule has 2 fully saturated rings. The first-order valence-electron chi connectivity index (χ1n) is 7.90. The zero-order chi connectivity index (χ0) is 15.4. The molecular formula is C17H24O4. The maximum Gasteiger partial charge on any atom is 0.309 e. The van der Waals surface area contributed by atoms with Gasteiger partial charge in [0.05, 0.1) is 5.92 Å². The molecule has 0 N–H and O–H groups in total. The van der Waals surface area contributed by atoms with Crippen LogP contribution < -0.4 is 0 Å². The SMILES string of the molecule is CC(=O)O[C@]1(C)CCC2=C(C)C[C@H]3OC(=O)[C@H](C)[C@H]3C[C@H]21. The average Bonchev–Trinajstić information content (AvgIpc) is 2.76. The Kier molecular flexibility index (Phi) is 3.38. The van der Waals surface area contributed by atoms with E-state index in [4.69, 9.17) is 9.47 Å². The molecule has 116 valence electrons. The molecule has 0 spiro atoms. The molecule has 3 rings (SSSR count). The summed E-state index contributed by atoms with van der Waals surface area (Å²) in [6.45, 7) is 7.62. The van der Waals surface area contributed by atoms with Crippen molar-refractivity contribution in [3.8, 4) is 0 Å². The summed E-state index contributed by atoms with van der Waals surface area (Å²) in [5.74, 6) is 0.123. The van der Waals surface area contributed by atoms with Crippen molar-refractivity contribution in [2.75, 3.05) is 0 Å². The van der Waals surface area contributed by atoms with Crippen LogP contribution in [-0.4, -0.2) is 23.6 Å². The molecule has 0 bridgehead atoms. The Morgan fingerprint density at radius 1 is 1.43 bits per heavy atom. The average molecular weight is 292 g/mol. The van der Waals surface area contributed by atoms with Crippen LogP contribution in [0.2, 0.25) is 0 Å². The van der Waals surface area contributed by atoms with Gasteiger partial charge in [-0.3, -0.25) is 9.59 Å². The van der Waals surface area contributed by atoms with Gasteiger partial charge in [-0.05, 0) is 33.1 Å². The normalized spacial score (nSPS) is 42.2. The fraction of sp³-hybridized carbons (Fsp3) is 0.765. The zero-order valence-electron chi connectivity index (χ0n) is 13.3. The lowest BCUT2D eigenvalue weighted by atomic mass is 9.78. The van der Waals surface area contributed by atoms with Gasteiger partial charge in [0.15, 0.2) is 0 Å². The Morgan fingerprint density at radius 3 is 2.81 bits per heavy atom. The minimum absolute atomic E-state index is 0.00665. The first-order chi connectivity index (χ1) is 9.82. The van der Waals surface area contributed by atoms with Gasteiger partial charge >= 0.3 is 11.9 Å². The molecule has 0 aromatic carbocycles. The summed E-state index contributed by atoms with van der Waals surface area (Å²) >= 11 is 0. The second-order valence-electron chi connectivity index (χ2n) is 7.13. The van der Waals surface area contributed by atoms with Crippen LogP contribution in [-0.2, 0) is 19.1 Å². The summed E-state index contributed by atoms with van der Waals surface area (Å²) in [5.41, 5.74) is 2.32. The molecule has 5 atom stereocenters. The lowest BCUT2D eigenvalue weighted by molar-refractivity contribution is -0.158. The number of ether oxygens (including phenoxy) is 2.